The summed E-state index contributed by atoms with van der Waals surface area (Å²) in [6.07, 6.45) is 8.76. The number of rotatable bonds is 5. The van der Waals surface area contributed by atoms with Crippen molar-refractivity contribution in [2.45, 2.75) is 65.7 Å². The molecule has 3 heteroatoms. The van der Waals surface area contributed by atoms with E-state index in [0.717, 1.165) is 44.1 Å². The number of carboxylic acids is 1. The van der Waals surface area contributed by atoms with Crippen LogP contribution < -0.4 is 0 Å². The monoisotopic (exact) mass is 320 g/mol. The summed E-state index contributed by atoms with van der Waals surface area (Å²) in [4.78, 5) is 10.8. The summed E-state index contributed by atoms with van der Waals surface area (Å²) in [6.45, 7) is 11.1. The van der Waals surface area contributed by atoms with Crippen LogP contribution in [0.25, 0.3) is 0 Å². The van der Waals surface area contributed by atoms with Gasteiger partial charge in [0.1, 0.15) is 0 Å². The first kappa shape index (κ1) is 18.3. The average molecular weight is 320 g/mol. The highest BCUT2D eigenvalue weighted by molar-refractivity contribution is 5.80. The van der Waals surface area contributed by atoms with Crippen molar-refractivity contribution in [2.75, 3.05) is 6.61 Å². The Morgan fingerprint density at radius 1 is 1.39 bits per heavy atom. The van der Waals surface area contributed by atoms with Gasteiger partial charge in [-0.2, -0.15) is 0 Å². The first-order valence-corrected chi connectivity index (χ1v) is 8.91. The first-order valence-electron chi connectivity index (χ1n) is 8.91. The number of hydrogen-bond acceptors (Lipinski definition) is 2. The lowest BCUT2D eigenvalue weighted by Gasteiger charge is -2.58. The van der Waals surface area contributed by atoms with Crippen LogP contribution in [0.3, 0.4) is 0 Å². The van der Waals surface area contributed by atoms with Crippen LogP contribution in [0.4, 0.5) is 0 Å². The van der Waals surface area contributed by atoms with Crippen LogP contribution in [0, 0.1) is 22.7 Å². The van der Waals surface area contributed by atoms with Gasteiger partial charge in [0.2, 0.25) is 0 Å². The molecule has 4 atom stereocenters. The third kappa shape index (κ3) is 3.55. The van der Waals surface area contributed by atoms with Gasteiger partial charge in [0.25, 0.3) is 0 Å². The fourth-order valence-corrected chi connectivity index (χ4v) is 5.46. The molecule has 2 N–H and O–H groups in total. The molecule has 3 nitrogen and oxygen atoms in total. The molecular formula is C20H32O3. The Bertz CT molecular complexity index is 507. The zero-order valence-corrected chi connectivity index (χ0v) is 14.9. The zero-order chi connectivity index (χ0) is 17.3. The molecule has 2 rings (SSSR count). The summed E-state index contributed by atoms with van der Waals surface area (Å²) in [5, 5.41) is 18.9. The fraction of sp³-hybridized carbons (Fsp3) is 0.750. The van der Waals surface area contributed by atoms with Gasteiger partial charge in [-0.05, 0) is 68.1 Å². The Morgan fingerprint density at radius 2 is 2.09 bits per heavy atom. The van der Waals surface area contributed by atoms with Gasteiger partial charge >= 0.3 is 5.97 Å². The normalized spacial score (nSPS) is 38.3. The number of carboxylic acid groups (broad SMARTS) is 1. The molecule has 0 amide bonds. The second kappa shape index (κ2) is 6.80. The Kier molecular flexibility index (Phi) is 5.40. The van der Waals surface area contributed by atoms with Crippen LogP contribution >= 0.6 is 0 Å². The van der Waals surface area contributed by atoms with Crippen molar-refractivity contribution in [1.29, 1.82) is 0 Å². The standard InChI is InChI=1S/C20H32O3/c1-14(12-18(22)23)6-8-16-15(2)7-9-17-19(3,13-21)10-5-11-20(16,17)4/h12,16-17,21H,2,5-11,13H2,1,3-4H3,(H,22,23)/b14-12+/t16-,17-,19-,20-/m0/s1. The summed E-state index contributed by atoms with van der Waals surface area (Å²) in [6, 6.07) is 0. The molecule has 0 aromatic rings. The van der Waals surface area contributed by atoms with Crippen LogP contribution in [0.2, 0.25) is 0 Å². The lowest BCUT2D eigenvalue weighted by Crippen LogP contribution is -2.51. The molecule has 23 heavy (non-hydrogen) atoms. The molecule has 0 aromatic heterocycles. The molecule has 0 heterocycles. The lowest BCUT2D eigenvalue weighted by molar-refractivity contribution is -0.131. The Balaban J connectivity index is 2.20. The maximum Gasteiger partial charge on any atom is 0.328 e. The van der Waals surface area contributed by atoms with Crippen molar-refractivity contribution in [2.24, 2.45) is 22.7 Å². The SMILES string of the molecule is C=C1CC[C@H]2[C@](C)(CO)CCC[C@@]2(C)[C@H]1CC/C(C)=C/C(=O)O. The molecule has 130 valence electrons. The number of fused-ring (bicyclic) bond motifs is 1. The molecule has 0 aromatic carbocycles. The first-order chi connectivity index (χ1) is 10.7. The average Bonchev–Trinajstić information content (AvgIpc) is 2.45. The van der Waals surface area contributed by atoms with E-state index in [0.29, 0.717) is 11.8 Å². The number of aliphatic carboxylic acids is 1. The summed E-state index contributed by atoms with van der Waals surface area (Å²) in [5.41, 5.74) is 2.47. The van der Waals surface area contributed by atoms with E-state index in [1.54, 1.807) is 0 Å². The number of hydrogen-bond donors (Lipinski definition) is 2. The highest BCUT2D eigenvalue weighted by Crippen LogP contribution is 2.61. The number of carbonyl (C=O) groups is 1. The highest BCUT2D eigenvalue weighted by atomic mass is 16.4. The summed E-state index contributed by atoms with van der Waals surface area (Å²) < 4.78 is 0. The van der Waals surface area contributed by atoms with Gasteiger partial charge in [0, 0.05) is 12.7 Å². The van der Waals surface area contributed by atoms with Gasteiger partial charge in [-0.1, -0.05) is 38.0 Å². The van der Waals surface area contributed by atoms with Gasteiger partial charge in [-0.3, -0.25) is 0 Å². The Morgan fingerprint density at radius 3 is 2.70 bits per heavy atom. The van der Waals surface area contributed by atoms with Crippen LogP contribution in [0.5, 0.6) is 0 Å². The second-order valence-electron chi connectivity index (χ2n) is 8.34. The smallest absolute Gasteiger partial charge is 0.328 e. The molecule has 2 aliphatic rings. The predicted molar refractivity (Wildman–Crippen MR) is 93.1 cm³/mol. The minimum atomic E-state index is -0.861. The van der Waals surface area contributed by atoms with Gasteiger partial charge in [0.15, 0.2) is 0 Å². The Hall–Kier alpha value is -1.09. The zero-order valence-electron chi connectivity index (χ0n) is 14.9. The van der Waals surface area contributed by atoms with E-state index in [-0.39, 0.29) is 17.4 Å². The van der Waals surface area contributed by atoms with Gasteiger partial charge in [0.05, 0.1) is 0 Å². The molecule has 0 unspecified atom stereocenters. The Labute approximate surface area is 140 Å². The molecule has 2 fully saturated rings. The molecule has 0 radical (unpaired) electrons. The van der Waals surface area contributed by atoms with Gasteiger partial charge in [-0.15, -0.1) is 0 Å². The van der Waals surface area contributed by atoms with E-state index in [1.807, 2.05) is 6.92 Å². The third-order valence-electron chi connectivity index (χ3n) is 6.70. The quantitative estimate of drug-likeness (QED) is 0.576. The summed E-state index contributed by atoms with van der Waals surface area (Å²) in [7, 11) is 0. The lowest BCUT2D eigenvalue weighted by atomic mass is 9.47. The third-order valence-corrected chi connectivity index (χ3v) is 6.70. The van der Waals surface area contributed by atoms with Gasteiger partial charge < -0.3 is 10.2 Å². The molecule has 0 aliphatic heterocycles. The van der Waals surface area contributed by atoms with Crippen LogP contribution in [0.1, 0.15) is 65.7 Å². The fourth-order valence-electron chi connectivity index (χ4n) is 5.46. The molecule has 2 saturated carbocycles. The topological polar surface area (TPSA) is 57.5 Å². The maximum atomic E-state index is 10.8. The minimum absolute atomic E-state index is 0.0257. The molecular weight excluding hydrogens is 288 g/mol. The summed E-state index contributed by atoms with van der Waals surface area (Å²) >= 11 is 0. The van der Waals surface area contributed by atoms with Crippen molar-refractivity contribution in [3.63, 3.8) is 0 Å². The number of aliphatic hydroxyl groups is 1. The van der Waals surface area contributed by atoms with E-state index in [9.17, 15) is 9.90 Å². The molecule has 0 bridgehead atoms. The van der Waals surface area contributed by atoms with Crippen LogP contribution in [0.15, 0.2) is 23.8 Å². The van der Waals surface area contributed by atoms with Crippen molar-refractivity contribution in [1.82, 2.24) is 0 Å². The van der Waals surface area contributed by atoms with E-state index in [1.165, 1.54) is 18.1 Å². The van der Waals surface area contributed by atoms with E-state index in [4.69, 9.17) is 5.11 Å². The molecule has 0 spiro atoms. The van der Waals surface area contributed by atoms with E-state index >= 15 is 0 Å². The molecule has 0 saturated heterocycles. The summed E-state index contributed by atoms with van der Waals surface area (Å²) in [5.74, 6) is 0.108. The minimum Gasteiger partial charge on any atom is -0.478 e. The van der Waals surface area contributed by atoms with Crippen molar-refractivity contribution in [3.8, 4) is 0 Å². The van der Waals surface area contributed by atoms with Crippen molar-refractivity contribution >= 4 is 5.97 Å². The predicted octanol–water partition coefficient (Wildman–Crippen LogP) is 4.57. The maximum absolute atomic E-state index is 10.8. The number of aliphatic hydroxyl groups excluding tert-OH is 1. The van der Waals surface area contributed by atoms with Gasteiger partial charge in [-0.25, -0.2) is 4.79 Å². The van der Waals surface area contributed by atoms with Crippen LogP contribution in [-0.4, -0.2) is 22.8 Å². The number of allylic oxidation sites excluding steroid dienone is 2. The largest absolute Gasteiger partial charge is 0.478 e. The second-order valence-corrected chi connectivity index (χ2v) is 8.34. The van der Waals surface area contributed by atoms with E-state index in [2.05, 4.69) is 20.4 Å². The highest BCUT2D eigenvalue weighted by Gasteiger charge is 2.53. The van der Waals surface area contributed by atoms with Crippen LogP contribution in [-0.2, 0) is 4.79 Å². The van der Waals surface area contributed by atoms with Crippen molar-refractivity contribution < 1.29 is 15.0 Å². The molecule has 2 aliphatic carbocycles. The van der Waals surface area contributed by atoms with Crippen molar-refractivity contribution in [3.05, 3.63) is 23.8 Å². The van der Waals surface area contributed by atoms with E-state index < -0.39 is 5.97 Å².